The normalized spacial score (nSPS) is 13.0. The molecule has 0 spiro atoms. The van der Waals surface area contributed by atoms with Crippen LogP contribution >= 0.6 is 0 Å². The molecule has 0 heterocycles. The second-order valence-electron chi connectivity index (χ2n) is 9.81. The molecule has 2 rings (SSSR count). The molecule has 0 saturated heterocycles. The molecular formula is C28H37N5O7. The molecule has 12 nitrogen and oxygen atoms in total. The SMILES string of the molecule is CC(C)C[C@@H](NC(=O)[C@H](Cc1ccccc1)NC(=O)CNC(=O)CNC(=O)[C@H](N)Cc1ccc(O)cc1)C(=O)O. The first-order chi connectivity index (χ1) is 18.9. The van der Waals surface area contributed by atoms with Crippen molar-refractivity contribution >= 4 is 29.6 Å². The minimum atomic E-state index is -1.18. The summed E-state index contributed by atoms with van der Waals surface area (Å²) in [6.07, 6.45) is 0.518. The fourth-order valence-corrected chi connectivity index (χ4v) is 3.79. The maximum absolute atomic E-state index is 13.0. The van der Waals surface area contributed by atoms with Crippen LogP contribution in [0, 0.1) is 5.92 Å². The van der Waals surface area contributed by atoms with Crippen molar-refractivity contribution < 1.29 is 34.2 Å². The number of benzene rings is 2. The Morgan fingerprint density at radius 1 is 0.750 bits per heavy atom. The average Bonchev–Trinajstić information content (AvgIpc) is 2.91. The van der Waals surface area contributed by atoms with Gasteiger partial charge in [0.05, 0.1) is 19.1 Å². The molecule has 8 N–H and O–H groups in total. The van der Waals surface area contributed by atoms with Gasteiger partial charge in [-0.05, 0) is 42.0 Å². The van der Waals surface area contributed by atoms with Gasteiger partial charge in [0.1, 0.15) is 17.8 Å². The van der Waals surface area contributed by atoms with Crippen LogP contribution in [0.3, 0.4) is 0 Å². The number of carbonyl (C=O) groups excluding carboxylic acids is 4. The molecule has 0 radical (unpaired) electrons. The van der Waals surface area contributed by atoms with Gasteiger partial charge in [0.25, 0.3) is 0 Å². The Labute approximate surface area is 232 Å². The third kappa shape index (κ3) is 11.5. The number of nitrogens with two attached hydrogens (primary N) is 1. The predicted octanol–water partition coefficient (Wildman–Crippen LogP) is -0.163. The van der Waals surface area contributed by atoms with Crippen molar-refractivity contribution in [1.29, 1.82) is 0 Å². The molecule has 0 fully saturated rings. The number of amides is 4. The van der Waals surface area contributed by atoms with Crippen molar-refractivity contribution in [3.63, 3.8) is 0 Å². The summed E-state index contributed by atoms with van der Waals surface area (Å²) in [5.41, 5.74) is 7.35. The van der Waals surface area contributed by atoms with E-state index in [2.05, 4.69) is 21.3 Å². The molecule has 0 aromatic heterocycles. The Hall–Kier alpha value is -4.45. The fourth-order valence-electron chi connectivity index (χ4n) is 3.79. The molecule has 40 heavy (non-hydrogen) atoms. The van der Waals surface area contributed by atoms with Gasteiger partial charge in [-0.15, -0.1) is 0 Å². The molecule has 0 aliphatic carbocycles. The molecule has 2 aromatic rings. The Bertz CT molecular complexity index is 1160. The van der Waals surface area contributed by atoms with E-state index in [4.69, 9.17) is 5.73 Å². The first kappa shape index (κ1) is 31.8. The van der Waals surface area contributed by atoms with Gasteiger partial charge in [-0.25, -0.2) is 4.79 Å². The largest absolute Gasteiger partial charge is 0.508 e. The summed E-state index contributed by atoms with van der Waals surface area (Å²) < 4.78 is 0. The van der Waals surface area contributed by atoms with Gasteiger partial charge in [-0.1, -0.05) is 56.3 Å². The summed E-state index contributed by atoms with van der Waals surface area (Å²) in [5, 5.41) is 28.6. The average molecular weight is 556 g/mol. The van der Waals surface area contributed by atoms with Crippen molar-refractivity contribution in [2.75, 3.05) is 13.1 Å². The molecule has 0 unspecified atom stereocenters. The quantitative estimate of drug-likeness (QED) is 0.157. The number of carboxylic acids is 1. The van der Waals surface area contributed by atoms with Crippen molar-refractivity contribution in [2.45, 2.75) is 51.2 Å². The highest BCUT2D eigenvalue weighted by Gasteiger charge is 2.27. The van der Waals surface area contributed by atoms with Crippen molar-refractivity contribution in [3.05, 3.63) is 65.7 Å². The van der Waals surface area contributed by atoms with Crippen LogP contribution in [0.2, 0.25) is 0 Å². The lowest BCUT2D eigenvalue weighted by molar-refractivity contribution is -0.142. The van der Waals surface area contributed by atoms with E-state index in [-0.39, 0.29) is 30.9 Å². The van der Waals surface area contributed by atoms with Gasteiger partial charge in [0.15, 0.2) is 0 Å². The number of aromatic hydroxyl groups is 1. The minimum absolute atomic E-state index is 0.0154. The number of aliphatic carboxylic acids is 1. The summed E-state index contributed by atoms with van der Waals surface area (Å²) in [5.74, 6) is -3.62. The summed E-state index contributed by atoms with van der Waals surface area (Å²) in [6.45, 7) is 2.78. The maximum atomic E-state index is 13.0. The summed E-state index contributed by atoms with van der Waals surface area (Å²) in [4.78, 5) is 61.6. The number of carboxylic acid groups (broad SMARTS) is 1. The van der Waals surface area contributed by atoms with E-state index in [9.17, 15) is 34.2 Å². The van der Waals surface area contributed by atoms with E-state index < -0.39 is 60.8 Å². The Morgan fingerprint density at radius 3 is 1.95 bits per heavy atom. The zero-order chi connectivity index (χ0) is 29.7. The van der Waals surface area contributed by atoms with E-state index in [0.717, 1.165) is 11.1 Å². The van der Waals surface area contributed by atoms with E-state index >= 15 is 0 Å². The fraction of sp³-hybridized carbons (Fsp3) is 0.393. The molecule has 0 bridgehead atoms. The zero-order valence-corrected chi connectivity index (χ0v) is 22.6. The highest BCUT2D eigenvalue weighted by atomic mass is 16.4. The Kier molecular flexibility index (Phi) is 12.6. The molecule has 12 heteroatoms. The van der Waals surface area contributed by atoms with Crippen LogP contribution in [0.25, 0.3) is 0 Å². The van der Waals surface area contributed by atoms with Gasteiger partial charge < -0.3 is 37.2 Å². The Balaban J connectivity index is 1.88. The second kappa shape index (κ2) is 15.8. The van der Waals surface area contributed by atoms with Crippen molar-refractivity contribution in [3.8, 4) is 5.75 Å². The smallest absolute Gasteiger partial charge is 0.326 e. The molecule has 4 amide bonds. The predicted molar refractivity (Wildman–Crippen MR) is 147 cm³/mol. The van der Waals surface area contributed by atoms with Gasteiger partial charge in [0, 0.05) is 6.42 Å². The van der Waals surface area contributed by atoms with Crippen LogP contribution in [0.15, 0.2) is 54.6 Å². The molecular weight excluding hydrogens is 518 g/mol. The van der Waals surface area contributed by atoms with Crippen LogP contribution in [-0.2, 0) is 36.8 Å². The minimum Gasteiger partial charge on any atom is -0.508 e. The first-order valence-electron chi connectivity index (χ1n) is 12.9. The number of phenols is 1. The summed E-state index contributed by atoms with van der Waals surface area (Å²) in [7, 11) is 0. The molecule has 2 aromatic carbocycles. The highest BCUT2D eigenvalue weighted by Crippen LogP contribution is 2.11. The molecule has 0 saturated carbocycles. The third-order valence-electron chi connectivity index (χ3n) is 5.85. The number of nitrogens with one attached hydrogen (secondary N) is 4. The van der Waals surface area contributed by atoms with Crippen LogP contribution in [0.5, 0.6) is 5.75 Å². The van der Waals surface area contributed by atoms with Gasteiger partial charge >= 0.3 is 5.97 Å². The van der Waals surface area contributed by atoms with Crippen LogP contribution in [-0.4, -0.2) is 71.0 Å². The van der Waals surface area contributed by atoms with Crippen LogP contribution < -0.4 is 27.0 Å². The number of hydrogen-bond donors (Lipinski definition) is 7. The monoisotopic (exact) mass is 555 g/mol. The van der Waals surface area contributed by atoms with Gasteiger partial charge in [-0.2, -0.15) is 0 Å². The second-order valence-corrected chi connectivity index (χ2v) is 9.81. The standard InChI is InChI=1S/C28H37N5O7/c1-17(2)12-23(28(39)40)33-27(38)22(14-18-6-4-3-5-7-18)32-25(36)16-30-24(35)15-31-26(37)21(29)13-19-8-10-20(34)11-9-19/h3-11,17,21-23,34H,12-16,29H2,1-2H3,(H,30,35)(H,31,37)(H,32,36)(H,33,38)(H,39,40)/t21-,22+,23-/m1/s1. The third-order valence-corrected chi connectivity index (χ3v) is 5.85. The van der Waals surface area contributed by atoms with Crippen molar-refractivity contribution in [1.82, 2.24) is 21.3 Å². The van der Waals surface area contributed by atoms with E-state index in [1.165, 1.54) is 12.1 Å². The lowest BCUT2D eigenvalue weighted by Gasteiger charge is -2.22. The summed E-state index contributed by atoms with van der Waals surface area (Å²) in [6, 6.07) is 12.0. The van der Waals surface area contributed by atoms with Gasteiger partial charge in [-0.3, -0.25) is 19.2 Å². The number of rotatable bonds is 15. The maximum Gasteiger partial charge on any atom is 0.326 e. The molecule has 3 atom stereocenters. The lowest BCUT2D eigenvalue weighted by atomic mass is 10.0. The van der Waals surface area contributed by atoms with Crippen molar-refractivity contribution in [2.24, 2.45) is 11.7 Å². The van der Waals surface area contributed by atoms with E-state index in [1.54, 1.807) is 42.5 Å². The Morgan fingerprint density at radius 2 is 1.35 bits per heavy atom. The van der Waals surface area contributed by atoms with Gasteiger partial charge in [0.2, 0.25) is 23.6 Å². The topological polar surface area (TPSA) is 200 Å². The molecule has 216 valence electrons. The van der Waals surface area contributed by atoms with Crippen LogP contribution in [0.4, 0.5) is 0 Å². The lowest BCUT2D eigenvalue weighted by Crippen LogP contribution is -2.54. The van der Waals surface area contributed by atoms with E-state index in [1.807, 2.05) is 13.8 Å². The zero-order valence-electron chi connectivity index (χ0n) is 22.6. The number of hydrogen-bond acceptors (Lipinski definition) is 7. The first-order valence-corrected chi connectivity index (χ1v) is 12.9. The molecule has 0 aliphatic rings. The number of carbonyl (C=O) groups is 5. The van der Waals surface area contributed by atoms with Crippen LogP contribution in [0.1, 0.15) is 31.4 Å². The molecule has 0 aliphatic heterocycles. The van der Waals surface area contributed by atoms with E-state index in [0.29, 0.717) is 0 Å². The highest BCUT2D eigenvalue weighted by molar-refractivity contribution is 5.93. The summed E-state index contributed by atoms with van der Waals surface area (Å²) >= 11 is 0. The number of phenolic OH excluding ortho intramolecular Hbond substituents is 1.